The maximum atomic E-state index is 5.50. The molecule has 1 heterocycles. The van der Waals surface area contributed by atoms with E-state index in [-0.39, 0.29) is 6.10 Å². The van der Waals surface area contributed by atoms with Crippen molar-refractivity contribution >= 4 is 5.82 Å². The molecule has 0 aliphatic rings. The Kier molecular flexibility index (Phi) is 6.40. The van der Waals surface area contributed by atoms with Crippen LogP contribution in [0.1, 0.15) is 27.2 Å². The highest BCUT2D eigenvalue weighted by Gasteiger charge is 1.98. The third-order valence-electron chi connectivity index (χ3n) is 2.06. The zero-order valence-corrected chi connectivity index (χ0v) is 10.9. The predicted octanol–water partition coefficient (Wildman–Crippen LogP) is 2.71. The first kappa shape index (κ1) is 13.8. The van der Waals surface area contributed by atoms with Crippen LogP contribution in [-0.4, -0.2) is 30.8 Å². The Morgan fingerprint density at radius 1 is 1.29 bits per heavy atom. The van der Waals surface area contributed by atoms with Gasteiger partial charge >= 0.3 is 0 Å². The molecule has 0 fully saturated rings. The first-order valence-corrected chi connectivity index (χ1v) is 6.17. The molecule has 0 amide bonds. The van der Waals surface area contributed by atoms with E-state index in [0.29, 0.717) is 19.1 Å². The van der Waals surface area contributed by atoms with Gasteiger partial charge in [0.2, 0.25) is 5.88 Å². The quantitative estimate of drug-likeness (QED) is 0.707. The van der Waals surface area contributed by atoms with Crippen LogP contribution in [0.15, 0.2) is 18.2 Å². The molecule has 17 heavy (non-hydrogen) atoms. The van der Waals surface area contributed by atoms with Crippen LogP contribution in [-0.2, 0) is 4.74 Å². The van der Waals surface area contributed by atoms with Crippen LogP contribution in [0.25, 0.3) is 0 Å². The van der Waals surface area contributed by atoms with Gasteiger partial charge in [0, 0.05) is 12.6 Å². The predicted molar refractivity (Wildman–Crippen MR) is 69.6 cm³/mol. The number of pyridine rings is 1. The Morgan fingerprint density at radius 2 is 2.12 bits per heavy atom. The lowest BCUT2D eigenvalue weighted by molar-refractivity contribution is 0.0543. The number of aromatic nitrogens is 1. The van der Waals surface area contributed by atoms with Crippen LogP contribution in [0.5, 0.6) is 5.88 Å². The largest absolute Gasteiger partial charge is 0.475 e. The van der Waals surface area contributed by atoms with E-state index < -0.39 is 0 Å². The second kappa shape index (κ2) is 7.90. The van der Waals surface area contributed by atoms with Crippen LogP contribution < -0.4 is 10.1 Å². The van der Waals surface area contributed by atoms with E-state index in [0.717, 1.165) is 18.8 Å². The van der Waals surface area contributed by atoms with Crippen molar-refractivity contribution < 1.29 is 9.47 Å². The van der Waals surface area contributed by atoms with Crippen molar-refractivity contribution in [3.8, 4) is 5.88 Å². The molecule has 4 nitrogen and oxygen atoms in total. The fraction of sp³-hybridized carbons (Fsp3) is 0.615. The number of nitrogens with one attached hydrogen (secondary N) is 1. The van der Waals surface area contributed by atoms with E-state index in [1.54, 1.807) is 0 Å². The number of rotatable bonds is 8. The molecule has 1 aromatic heterocycles. The first-order chi connectivity index (χ1) is 8.22. The summed E-state index contributed by atoms with van der Waals surface area (Å²) in [5.41, 5.74) is 0. The van der Waals surface area contributed by atoms with E-state index in [1.807, 2.05) is 32.0 Å². The molecular formula is C13H22N2O2. The molecule has 0 aromatic carbocycles. The lowest BCUT2D eigenvalue weighted by atomic mass is 10.4. The molecule has 0 spiro atoms. The Hall–Kier alpha value is -1.29. The minimum Gasteiger partial charge on any atom is -0.475 e. The van der Waals surface area contributed by atoms with Crippen LogP contribution in [0, 0.1) is 0 Å². The molecule has 0 saturated heterocycles. The molecular weight excluding hydrogens is 216 g/mol. The summed E-state index contributed by atoms with van der Waals surface area (Å²) in [5, 5.41) is 3.22. The summed E-state index contributed by atoms with van der Waals surface area (Å²) in [6, 6.07) is 5.73. The van der Waals surface area contributed by atoms with Gasteiger partial charge in [-0.2, -0.15) is 4.98 Å². The van der Waals surface area contributed by atoms with E-state index in [9.17, 15) is 0 Å². The van der Waals surface area contributed by atoms with Crippen molar-refractivity contribution in [3.63, 3.8) is 0 Å². The van der Waals surface area contributed by atoms with Crippen LogP contribution in [0.4, 0.5) is 5.82 Å². The van der Waals surface area contributed by atoms with Crippen molar-refractivity contribution in [1.29, 1.82) is 0 Å². The van der Waals surface area contributed by atoms with Crippen molar-refractivity contribution in [1.82, 2.24) is 4.98 Å². The van der Waals surface area contributed by atoms with Crippen LogP contribution in [0.3, 0.4) is 0 Å². The number of anilines is 1. The minimum absolute atomic E-state index is 0.240. The normalized spacial score (nSPS) is 10.6. The summed E-state index contributed by atoms with van der Waals surface area (Å²) in [7, 11) is 0. The Labute approximate surface area is 103 Å². The molecule has 1 rings (SSSR count). The molecule has 0 aliphatic carbocycles. The minimum atomic E-state index is 0.240. The fourth-order valence-electron chi connectivity index (χ4n) is 1.28. The van der Waals surface area contributed by atoms with Gasteiger partial charge in [-0.05, 0) is 26.3 Å². The number of nitrogens with zero attached hydrogens (tertiary/aromatic N) is 1. The average Bonchev–Trinajstić information content (AvgIpc) is 2.32. The van der Waals surface area contributed by atoms with Crippen molar-refractivity contribution in [2.45, 2.75) is 33.3 Å². The summed E-state index contributed by atoms with van der Waals surface area (Å²) >= 11 is 0. The Balaban J connectivity index is 2.32. The summed E-state index contributed by atoms with van der Waals surface area (Å²) in [6.07, 6.45) is 1.32. The SMILES string of the molecule is CCCNc1cccc(OCCOC(C)C)n1. The highest BCUT2D eigenvalue weighted by atomic mass is 16.5. The van der Waals surface area contributed by atoms with Gasteiger partial charge in [0.1, 0.15) is 12.4 Å². The molecule has 0 saturated carbocycles. The van der Waals surface area contributed by atoms with E-state index in [2.05, 4.69) is 17.2 Å². The highest BCUT2D eigenvalue weighted by molar-refractivity contribution is 5.36. The van der Waals surface area contributed by atoms with Gasteiger partial charge in [0.05, 0.1) is 12.7 Å². The lowest BCUT2D eigenvalue weighted by Crippen LogP contribution is -2.12. The second-order valence-electron chi connectivity index (χ2n) is 4.06. The zero-order chi connectivity index (χ0) is 12.5. The third kappa shape index (κ3) is 6.12. The number of hydrogen-bond acceptors (Lipinski definition) is 4. The summed E-state index contributed by atoms with van der Waals surface area (Å²) in [4.78, 5) is 4.34. The molecule has 0 radical (unpaired) electrons. The van der Waals surface area contributed by atoms with Crippen LogP contribution >= 0.6 is 0 Å². The smallest absolute Gasteiger partial charge is 0.215 e. The summed E-state index contributed by atoms with van der Waals surface area (Å²) in [6.45, 7) is 8.18. The zero-order valence-electron chi connectivity index (χ0n) is 10.9. The second-order valence-corrected chi connectivity index (χ2v) is 4.06. The molecule has 0 bridgehead atoms. The van der Waals surface area contributed by atoms with E-state index in [4.69, 9.17) is 9.47 Å². The molecule has 1 aromatic rings. The first-order valence-electron chi connectivity index (χ1n) is 6.17. The monoisotopic (exact) mass is 238 g/mol. The van der Waals surface area contributed by atoms with Gasteiger partial charge in [-0.3, -0.25) is 0 Å². The fourth-order valence-corrected chi connectivity index (χ4v) is 1.28. The maximum Gasteiger partial charge on any atom is 0.215 e. The lowest BCUT2D eigenvalue weighted by Gasteiger charge is -2.10. The Bertz CT molecular complexity index is 316. The van der Waals surface area contributed by atoms with E-state index >= 15 is 0 Å². The van der Waals surface area contributed by atoms with Gasteiger partial charge < -0.3 is 14.8 Å². The van der Waals surface area contributed by atoms with Gasteiger partial charge in [-0.1, -0.05) is 13.0 Å². The molecule has 0 aliphatic heterocycles. The number of hydrogen-bond donors (Lipinski definition) is 1. The Morgan fingerprint density at radius 3 is 2.82 bits per heavy atom. The van der Waals surface area contributed by atoms with Crippen molar-refractivity contribution in [2.75, 3.05) is 25.1 Å². The van der Waals surface area contributed by atoms with Gasteiger partial charge in [0.25, 0.3) is 0 Å². The van der Waals surface area contributed by atoms with Crippen LogP contribution in [0.2, 0.25) is 0 Å². The van der Waals surface area contributed by atoms with Gasteiger partial charge in [-0.25, -0.2) is 0 Å². The van der Waals surface area contributed by atoms with Crippen molar-refractivity contribution in [2.24, 2.45) is 0 Å². The maximum absolute atomic E-state index is 5.50. The summed E-state index contributed by atoms with van der Waals surface area (Å²) < 4.78 is 10.9. The van der Waals surface area contributed by atoms with Gasteiger partial charge in [0.15, 0.2) is 0 Å². The van der Waals surface area contributed by atoms with Crippen molar-refractivity contribution in [3.05, 3.63) is 18.2 Å². The topological polar surface area (TPSA) is 43.4 Å². The highest BCUT2D eigenvalue weighted by Crippen LogP contribution is 2.11. The summed E-state index contributed by atoms with van der Waals surface area (Å²) in [5.74, 6) is 1.49. The van der Waals surface area contributed by atoms with E-state index in [1.165, 1.54) is 0 Å². The van der Waals surface area contributed by atoms with Gasteiger partial charge in [-0.15, -0.1) is 0 Å². The average molecular weight is 238 g/mol. The standard InChI is InChI=1S/C13H22N2O2/c1-4-8-14-12-6-5-7-13(15-12)17-10-9-16-11(2)3/h5-7,11H,4,8-10H2,1-3H3,(H,14,15). The molecule has 0 atom stereocenters. The molecule has 96 valence electrons. The number of ether oxygens (including phenoxy) is 2. The third-order valence-corrected chi connectivity index (χ3v) is 2.06. The molecule has 4 heteroatoms. The molecule has 1 N–H and O–H groups in total. The molecule has 0 unspecified atom stereocenters.